The Labute approximate surface area is 262 Å². The topological polar surface area (TPSA) is 252 Å². The molecule has 6 aromatic rings. The lowest BCUT2D eigenvalue weighted by atomic mass is 10.2. The van der Waals surface area contributed by atoms with Gasteiger partial charge in [0.25, 0.3) is 6.01 Å². The number of nitrogens with zero attached hydrogens (tertiary/aromatic N) is 9. The highest BCUT2D eigenvalue weighted by Gasteiger charge is 2.18. The minimum Gasteiger partial charge on any atom is -0.870 e. The maximum Gasteiger partial charge on any atom is 0.298 e. The molecule has 44 heavy (non-hydrogen) atoms. The average Bonchev–Trinajstić information content (AvgIpc) is 3.51. The molecule has 0 fully saturated rings. The first-order chi connectivity index (χ1) is 20.3. The van der Waals surface area contributed by atoms with E-state index in [0.29, 0.717) is 46.2 Å². The third-order valence-corrected chi connectivity index (χ3v) is 6.66. The SMILES string of the molecule is COc1nc2c(N)nc(C(=N)N)nc2n1Cc1ccccc1.N#Cc1nc(N)c2nc(Br)n(Cc3ccccc3)c2n1.[OH-].[PH2-]. The first-order valence-corrected chi connectivity index (χ1v) is 13.2. The maximum absolute atomic E-state index is 8.94. The van der Waals surface area contributed by atoms with Crippen LogP contribution >= 0.6 is 25.8 Å². The van der Waals surface area contributed by atoms with Crippen LogP contribution in [0.5, 0.6) is 6.01 Å². The number of anilines is 2. The van der Waals surface area contributed by atoms with Crippen molar-refractivity contribution in [2.24, 2.45) is 5.73 Å². The molecule has 4 aromatic heterocycles. The molecule has 0 radical (unpaired) electrons. The van der Waals surface area contributed by atoms with Gasteiger partial charge in [-0.2, -0.15) is 20.2 Å². The number of nitrogen functional groups attached to an aromatic ring is 3. The van der Waals surface area contributed by atoms with Crippen LogP contribution in [-0.2, 0) is 13.1 Å². The number of aromatic nitrogens is 8. The van der Waals surface area contributed by atoms with Crippen LogP contribution < -0.4 is 21.9 Å². The molecule has 0 unspecified atom stereocenters. The summed E-state index contributed by atoms with van der Waals surface area (Å²) in [7, 11) is 1.53. The Morgan fingerprint density at radius 1 is 0.841 bits per heavy atom. The Morgan fingerprint density at radius 2 is 1.36 bits per heavy atom. The number of nitrogens with two attached hydrogens (primary N) is 3. The second-order valence-corrected chi connectivity index (χ2v) is 9.57. The summed E-state index contributed by atoms with van der Waals surface area (Å²) in [4.78, 5) is 25.0. The monoisotopic (exact) mass is 675 g/mol. The lowest BCUT2D eigenvalue weighted by Crippen LogP contribution is -2.17. The third-order valence-electron chi connectivity index (χ3n) is 6.05. The molecular formula is C27H27BrN13O2P-2. The fraction of sp³-hybridized carbons (Fsp3) is 0.111. The third kappa shape index (κ3) is 6.87. The number of amidine groups is 1. The van der Waals surface area contributed by atoms with Gasteiger partial charge in [-0.05, 0) is 27.1 Å². The number of halogens is 1. The molecule has 6 rings (SSSR count). The van der Waals surface area contributed by atoms with Crippen LogP contribution in [0.4, 0.5) is 11.6 Å². The first-order valence-electron chi connectivity index (χ1n) is 12.4. The molecule has 0 saturated carbocycles. The number of hydrogen-bond donors (Lipinski definition) is 4. The van der Waals surface area contributed by atoms with Crippen LogP contribution in [-0.4, -0.2) is 57.5 Å². The van der Waals surface area contributed by atoms with Crippen molar-refractivity contribution in [2.45, 2.75) is 13.1 Å². The van der Waals surface area contributed by atoms with E-state index in [2.05, 4.69) is 45.8 Å². The second-order valence-electron chi connectivity index (χ2n) is 8.86. The van der Waals surface area contributed by atoms with Gasteiger partial charge in [-0.3, -0.25) is 14.5 Å². The summed E-state index contributed by atoms with van der Waals surface area (Å²) in [5.41, 5.74) is 21.3. The fourth-order valence-corrected chi connectivity index (χ4v) is 4.61. The van der Waals surface area contributed by atoms with Gasteiger partial charge in [0.05, 0.1) is 20.2 Å². The molecule has 226 valence electrons. The normalized spacial score (nSPS) is 10.2. The number of imidazole rings is 2. The molecule has 15 nitrogen and oxygen atoms in total. The largest absolute Gasteiger partial charge is 0.870 e. The molecule has 0 amide bonds. The zero-order valence-electron chi connectivity index (χ0n) is 23.3. The zero-order valence-corrected chi connectivity index (χ0v) is 26.0. The van der Waals surface area contributed by atoms with E-state index >= 15 is 0 Å². The Balaban J connectivity index is 0.000000231. The Bertz CT molecular complexity index is 1960. The van der Waals surface area contributed by atoms with E-state index in [1.54, 1.807) is 4.57 Å². The van der Waals surface area contributed by atoms with Crippen molar-refractivity contribution in [3.8, 4) is 12.1 Å². The van der Waals surface area contributed by atoms with Crippen molar-refractivity contribution < 1.29 is 10.2 Å². The number of fused-ring (bicyclic) bond motifs is 2. The summed E-state index contributed by atoms with van der Waals surface area (Å²) in [6.07, 6.45) is 0. The second kappa shape index (κ2) is 14.3. The van der Waals surface area contributed by atoms with E-state index in [0.717, 1.165) is 11.1 Å². The highest BCUT2D eigenvalue weighted by atomic mass is 79.9. The lowest BCUT2D eigenvalue weighted by Gasteiger charge is -2.08. The predicted molar refractivity (Wildman–Crippen MR) is 172 cm³/mol. The molecule has 4 heterocycles. The number of hydrogen-bond acceptors (Lipinski definition) is 12. The van der Waals surface area contributed by atoms with Gasteiger partial charge in [-0.25, -0.2) is 15.0 Å². The van der Waals surface area contributed by atoms with Crippen molar-refractivity contribution >= 4 is 65.6 Å². The smallest absolute Gasteiger partial charge is 0.298 e. The van der Waals surface area contributed by atoms with Crippen LogP contribution in [0.3, 0.4) is 0 Å². The van der Waals surface area contributed by atoms with E-state index in [4.69, 9.17) is 32.6 Å². The van der Waals surface area contributed by atoms with Crippen molar-refractivity contribution in [1.29, 1.82) is 10.7 Å². The van der Waals surface area contributed by atoms with E-state index in [1.165, 1.54) is 7.11 Å². The van der Waals surface area contributed by atoms with Crippen molar-refractivity contribution in [3.63, 3.8) is 0 Å². The predicted octanol–water partition coefficient (Wildman–Crippen LogP) is 2.99. The fourth-order valence-electron chi connectivity index (χ4n) is 4.14. The van der Waals surface area contributed by atoms with E-state index in [-0.39, 0.29) is 44.5 Å². The van der Waals surface area contributed by atoms with Gasteiger partial charge in [-0.1, -0.05) is 60.7 Å². The van der Waals surface area contributed by atoms with Gasteiger partial charge in [0.1, 0.15) is 6.07 Å². The van der Waals surface area contributed by atoms with Gasteiger partial charge < -0.3 is 37.3 Å². The Kier molecular flexibility index (Phi) is 10.8. The zero-order chi connectivity index (χ0) is 29.8. The van der Waals surface area contributed by atoms with Crippen LogP contribution in [0, 0.1) is 16.7 Å². The maximum atomic E-state index is 8.94. The van der Waals surface area contributed by atoms with Crippen molar-refractivity contribution in [2.75, 3.05) is 18.6 Å². The van der Waals surface area contributed by atoms with E-state index in [9.17, 15) is 0 Å². The summed E-state index contributed by atoms with van der Waals surface area (Å²) in [5, 5.41) is 16.4. The van der Waals surface area contributed by atoms with Gasteiger partial charge in [0.2, 0.25) is 5.82 Å². The number of ether oxygens (including phenoxy) is 1. The number of nitriles is 1. The molecule has 8 N–H and O–H groups in total. The van der Waals surface area contributed by atoms with Crippen molar-refractivity contribution in [1.82, 2.24) is 39.0 Å². The molecule has 0 bridgehead atoms. The van der Waals surface area contributed by atoms with Crippen molar-refractivity contribution in [3.05, 3.63) is 88.2 Å². The van der Waals surface area contributed by atoms with Gasteiger partial charge in [0, 0.05) is 0 Å². The van der Waals surface area contributed by atoms with Gasteiger partial charge in [0.15, 0.2) is 50.4 Å². The van der Waals surface area contributed by atoms with Crippen LogP contribution in [0.25, 0.3) is 22.3 Å². The number of rotatable bonds is 6. The molecule has 0 aliphatic carbocycles. The summed E-state index contributed by atoms with van der Waals surface area (Å²) < 4.78 is 9.53. The molecule has 0 spiro atoms. The van der Waals surface area contributed by atoms with E-state index < -0.39 is 0 Å². The molecule has 2 aromatic carbocycles. The minimum atomic E-state index is -0.250. The highest BCUT2D eigenvalue weighted by Crippen LogP contribution is 2.25. The molecule has 0 aliphatic heterocycles. The molecule has 0 atom stereocenters. The quantitative estimate of drug-likeness (QED) is 0.0860. The van der Waals surface area contributed by atoms with Gasteiger partial charge >= 0.3 is 0 Å². The standard InChI is InChI=1S/C14H15N7O.C13H9BrN6.H2O.H2P/c1-22-14-18-9-11(17)19-12(10(15)16)20-13(9)21(14)7-8-5-3-2-4-6-8;14-13-19-10-11(16)17-9(6-15)18-12(10)20(13)7-8-4-2-1-3-5-8;;/h2-6H,7H2,1H3,(H3,15,16)(H2,17,19,20);1-5H,7H2,(H2,16,17,18);2*1H2/q;;;-1/p-1. The van der Waals surface area contributed by atoms with E-state index in [1.807, 2.05) is 71.3 Å². The highest BCUT2D eigenvalue weighted by molar-refractivity contribution is 9.10. The Morgan fingerprint density at radius 3 is 1.91 bits per heavy atom. The minimum absolute atomic E-state index is 0. The van der Waals surface area contributed by atoms with Gasteiger partial charge in [-0.15, -0.1) is 0 Å². The number of benzene rings is 2. The first kappa shape index (κ1) is 33.3. The number of methoxy groups -OCH3 is 1. The Hall–Kier alpha value is -5.23. The summed E-state index contributed by atoms with van der Waals surface area (Å²) in [5.74, 6) is 0.234. The summed E-state index contributed by atoms with van der Waals surface area (Å²) in [6, 6.07) is 22.0. The molecule has 17 heteroatoms. The van der Waals surface area contributed by atoms with Crippen LogP contribution in [0.15, 0.2) is 65.4 Å². The summed E-state index contributed by atoms with van der Waals surface area (Å²) >= 11 is 3.39. The average molecular weight is 676 g/mol. The molecule has 0 aliphatic rings. The summed E-state index contributed by atoms with van der Waals surface area (Å²) in [6.45, 7) is 1.09. The molecular weight excluding hydrogens is 649 g/mol. The van der Waals surface area contributed by atoms with Crippen LogP contribution in [0.1, 0.15) is 22.8 Å². The lowest BCUT2D eigenvalue weighted by molar-refractivity contribution is 0.363. The number of nitrogens with one attached hydrogen (secondary N) is 1. The molecule has 0 saturated heterocycles. The van der Waals surface area contributed by atoms with Crippen LogP contribution in [0.2, 0.25) is 0 Å².